The molecule has 6 nitrogen and oxygen atoms in total. The SMILES string of the molecule is Cl.Cl.O=c1cc(CCc2ccccc2)ccn1-c1ccc2c(cnn2CCN2CCNCC2)c1. The van der Waals surface area contributed by atoms with Crippen LogP contribution >= 0.6 is 24.8 Å². The Kier molecular flexibility index (Phi) is 9.30. The minimum atomic E-state index is 0. The molecular weight excluding hydrogens is 469 g/mol. The zero-order valence-corrected chi connectivity index (χ0v) is 20.7. The smallest absolute Gasteiger partial charge is 0.255 e. The molecule has 0 amide bonds. The number of nitrogens with one attached hydrogen (secondary N) is 1. The molecule has 1 fully saturated rings. The number of pyridine rings is 1. The van der Waals surface area contributed by atoms with Gasteiger partial charge in [0.25, 0.3) is 5.56 Å². The molecule has 1 aliphatic rings. The van der Waals surface area contributed by atoms with E-state index >= 15 is 0 Å². The van der Waals surface area contributed by atoms with Crippen LogP contribution in [0.25, 0.3) is 16.6 Å². The summed E-state index contributed by atoms with van der Waals surface area (Å²) in [5, 5.41) is 9.04. The van der Waals surface area contributed by atoms with Gasteiger partial charge in [0.15, 0.2) is 0 Å². The Labute approximate surface area is 212 Å². The number of aryl methyl sites for hydroxylation is 2. The first-order chi connectivity index (χ1) is 15.8. The number of nitrogens with zero attached hydrogens (tertiary/aromatic N) is 4. The van der Waals surface area contributed by atoms with Crippen molar-refractivity contribution in [2.45, 2.75) is 19.4 Å². The molecule has 1 N–H and O–H groups in total. The molecule has 0 atom stereocenters. The van der Waals surface area contributed by atoms with Gasteiger partial charge in [0.2, 0.25) is 0 Å². The molecule has 180 valence electrons. The summed E-state index contributed by atoms with van der Waals surface area (Å²) < 4.78 is 3.78. The second-order valence-electron chi connectivity index (χ2n) is 8.43. The molecule has 5 rings (SSSR count). The van der Waals surface area contributed by atoms with Gasteiger partial charge < -0.3 is 5.32 Å². The molecule has 2 aromatic heterocycles. The van der Waals surface area contributed by atoms with E-state index in [4.69, 9.17) is 0 Å². The van der Waals surface area contributed by atoms with E-state index < -0.39 is 0 Å². The van der Waals surface area contributed by atoms with Gasteiger partial charge in [-0.2, -0.15) is 5.10 Å². The van der Waals surface area contributed by atoms with E-state index in [0.717, 1.165) is 74.3 Å². The molecule has 0 bridgehead atoms. The van der Waals surface area contributed by atoms with Crippen molar-refractivity contribution in [3.05, 3.63) is 94.5 Å². The van der Waals surface area contributed by atoms with Crippen molar-refractivity contribution in [2.75, 3.05) is 32.7 Å². The quantitative estimate of drug-likeness (QED) is 0.421. The zero-order valence-electron chi connectivity index (χ0n) is 19.1. The topological polar surface area (TPSA) is 55.1 Å². The Morgan fingerprint density at radius 3 is 2.38 bits per heavy atom. The van der Waals surface area contributed by atoms with E-state index in [1.165, 1.54) is 5.56 Å². The van der Waals surface area contributed by atoms with E-state index in [-0.39, 0.29) is 30.4 Å². The Bertz CT molecular complexity index is 1250. The molecule has 8 heteroatoms. The highest BCUT2D eigenvalue weighted by Gasteiger charge is 2.11. The molecule has 3 heterocycles. The van der Waals surface area contributed by atoms with Crippen LogP contribution in [0.4, 0.5) is 0 Å². The molecular formula is C26H31Cl2N5O. The van der Waals surface area contributed by atoms with Gasteiger partial charge in [0.05, 0.1) is 18.3 Å². The predicted molar refractivity (Wildman–Crippen MR) is 143 cm³/mol. The molecule has 0 unspecified atom stereocenters. The summed E-state index contributed by atoms with van der Waals surface area (Å²) >= 11 is 0. The highest BCUT2D eigenvalue weighted by Crippen LogP contribution is 2.18. The first-order valence-electron chi connectivity index (χ1n) is 11.4. The summed E-state index contributed by atoms with van der Waals surface area (Å²) in [6.07, 6.45) is 5.58. The molecule has 1 saturated heterocycles. The Morgan fingerprint density at radius 2 is 1.62 bits per heavy atom. The van der Waals surface area contributed by atoms with Gasteiger partial charge in [0, 0.05) is 56.1 Å². The first-order valence-corrected chi connectivity index (χ1v) is 11.4. The van der Waals surface area contributed by atoms with Gasteiger partial charge in [-0.25, -0.2) is 0 Å². The number of fused-ring (bicyclic) bond motifs is 1. The van der Waals surface area contributed by atoms with Crippen LogP contribution in [0.5, 0.6) is 0 Å². The minimum absolute atomic E-state index is 0. The molecule has 2 aromatic carbocycles. The number of piperazine rings is 1. The Morgan fingerprint density at radius 1 is 0.853 bits per heavy atom. The molecule has 34 heavy (non-hydrogen) atoms. The van der Waals surface area contributed by atoms with Crippen molar-refractivity contribution in [2.24, 2.45) is 0 Å². The summed E-state index contributed by atoms with van der Waals surface area (Å²) in [6.45, 7) is 6.18. The fraction of sp³-hybridized carbons (Fsp3) is 0.308. The summed E-state index contributed by atoms with van der Waals surface area (Å²) in [6, 6.07) is 20.3. The second-order valence-corrected chi connectivity index (χ2v) is 8.43. The second kappa shape index (κ2) is 12.2. The maximum atomic E-state index is 12.8. The van der Waals surface area contributed by atoms with Crippen LogP contribution < -0.4 is 10.9 Å². The lowest BCUT2D eigenvalue weighted by Gasteiger charge is -2.27. The average Bonchev–Trinajstić information content (AvgIpc) is 3.25. The van der Waals surface area contributed by atoms with Gasteiger partial charge in [-0.3, -0.25) is 18.9 Å². The maximum Gasteiger partial charge on any atom is 0.255 e. The third-order valence-corrected chi connectivity index (χ3v) is 6.27. The molecule has 1 aliphatic heterocycles. The van der Waals surface area contributed by atoms with Gasteiger partial charge >= 0.3 is 0 Å². The molecule has 0 aliphatic carbocycles. The van der Waals surface area contributed by atoms with Crippen molar-refractivity contribution in [1.82, 2.24) is 24.6 Å². The number of hydrogen-bond acceptors (Lipinski definition) is 4. The largest absolute Gasteiger partial charge is 0.314 e. The van der Waals surface area contributed by atoms with E-state index in [1.807, 2.05) is 30.6 Å². The van der Waals surface area contributed by atoms with Crippen molar-refractivity contribution in [3.8, 4) is 5.69 Å². The average molecular weight is 500 g/mol. The number of hydrogen-bond donors (Lipinski definition) is 1. The van der Waals surface area contributed by atoms with Crippen molar-refractivity contribution in [3.63, 3.8) is 0 Å². The van der Waals surface area contributed by atoms with Crippen LogP contribution in [0.2, 0.25) is 0 Å². The number of rotatable bonds is 7. The molecule has 0 saturated carbocycles. The van der Waals surface area contributed by atoms with Crippen LogP contribution in [0.15, 0.2) is 77.9 Å². The predicted octanol–water partition coefficient (Wildman–Crippen LogP) is 3.72. The standard InChI is InChI=1S/C26H29N5O.2ClH/c32-26-18-22(7-6-21-4-2-1-3-5-21)10-13-30(26)24-8-9-25-23(19-24)20-28-31(25)17-16-29-14-11-27-12-15-29;;/h1-5,8-10,13,18-20,27H,6-7,11-12,14-17H2;2*1H. The third-order valence-electron chi connectivity index (χ3n) is 6.27. The monoisotopic (exact) mass is 499 g/mol. The van der Waals surface area contributed by atoms with Gasteiger partial charge in [-0.15, -0.1) is 24.8 Å². The molecule has 4 aromatic rings. The van der Waals surface area contributed by atoms with Crippen LogP contribution in [0.1, 0.15) is 11.1 Å². The zero-order chi connectivity index (χ0) is 21.8. The fourth-order valence-corrected chi connectivity index (χ4v) is 4.40. The summed E-state index contributed by atoms with van der Waals surface area (Å²) in [4.78, 5) is 15.3. The first kappa shape index (κ1) is 26.0. The van der Waals surface area contributed by atoms with E-state index in [9.17, 15) is 4.79 Å². The Balaban J connectivity index is 0.00000162. The third kappa shape index (κ3) is 6.07. The number of halogens is 2. The Hall–Kier alpha value is -2.64. The summed E-state index contributed by atoms with van der Waals surface area (Å²) in [5.74, 6) is 0. The highest BCUT2D eigenvalue weighted by molar-refractivity contribution is 5.85. The van der Waals surface area contributed by atoms with Gasteiger partial charge in [-0.1, -0.05) is 30.3 Å². The van der Waals surface area contributed by atoms with Crippen molar-refractivity contribution >= 4 is 35.7 Å². The van der Waals surface area contributed by atoms with Crippen LogP contribution in [-0.4, -0.2) is 52.0 Å². The van der Waals surface area contributed by atoms with E-state index in [1.54, 1.807) is 10.6 Å². The van der Waals surface area contributed by atoms with E-state index in [2.05, 4.69) is 56.4 Å². The molecule has 0 radical (unpaired) electrons. The van der Waals surface area contributed by atoms with Crippen LogP contribution in [0, 0.1) is 0 Å². The van der Waals surface area contributed by atoms with Crippen molar-refractivity contribution in [1.29, 1.82) is 0 Å². The normalized spacial score (nSPS) is 13.9. The maximum absolute atomic E-state index is 12.8. The van der Waals surface area contributed by atoms with Gasteiger partial charge in [0.1, 0.15) is 0 Å². The lowest BCUT2D eigenvalue weighted by Crippen LogP contribution is -2.44. The summed E-state index contributed by atoms with van der Waals surface area (Å²) in [5.41, 5.74) is 4.34. The van der Waals surface area contributed by atoms with Crippen molar-refractivity contribution < 1.29 is 0 Å². The number of benzene rings is 2. The fourth-order valence-electron chi connectivity index (χ4n) is 4.40. The lowest BCUT2D eigenvalue weighted by molar-refractivity contribution is 0.230. The van der Waals surface area contributed by atoms with Crippen LogP contribution in [-0.2, 0) is 19.4 Å². The highest BCUT2D eigenvalue weighted by atomic mass is 35.5. The summed E-state index contributed by atoms with van der Waals surface area (Å²) in [7, 11) is 0. The van der Waals surface area contributed by atoms with Crippen LogP contribution in [0.3, 0.4) is 0 Å². The molecule has 0 spiro atoms. The van der Waals surface area contributed by atoms with E-state index in [0.29, 0.717) is 0 Å². The minimum Gasteiger partial charge on any atom is -0.314 e. The van der Waals surface area contributed by atoms with Gasteiger partial charge in [-0.05, 0) is 48.2 Å². The number of aromatic nitrogens is 3. The lowest BCUT2D eigenvalue weighted by atomic mass is 10.1.